The maximum Gasteiger partial charge on any atom is 0.392 e. The highest BCUT2D eigenvalue weighted by Crippen LogP contribution is 2.46. The van der Waals surface area contributed by atoms with Gasteiger partial charge in [-0.2, -0.15) is 13.2 Å². The Kier molecular flexibility index (Phi) is 7.40. The lowest BCUT2D eigenvalue weighted by Crippen LogP contribution is -2.34. The molecule has 3 rings (SSSR count). The lowest BCUT2D eigenvalue weighted by molar-refractivity contribution is -0.178. The molecule has 9 heteroatoms. The van der Waals surface area contributed by atoms with Crippen LogP contribution in [0.3, 0.4) is 0 Å². The van der Waals surface area contributed by atoms with Crippen LogP contribution in [-0.2, 0) is 9.59 Å². The average Bonchev–Trinajstić information content (AvgIpc) is 3.54. The number of carboxylic acid groups (broad SMARTS) is 1. The molecule has 0 heterocycles. The van der Waals surface area contributed by atoms with Crippen LogP contribution in [0, 0.1) is 11.8 Å². The summed E-state index contributed by atoms with van der Waals surface area (Å²) in [7, 11) is 0. The Balaban J connectivity index is 1.91. The fourth-order valence-corrected chi connectivity index (χ4v) is 4.14. The zero-order valence-corrected chi connectivity index (χ0v) is 18.6. The molecule has 0 unspecified atom stereocenters. The molecule has 0 radical (unpaired) electrons. The van der Waals surface area contributed by atoms with E-state index in [1.54, 1.807) is 12.1 Å². The van der Waals surface area contributed by atoms with Crippen molar-refractivity contribution in [2.75, 3.05) is 5.32 Å². The van der Waals surface area contributed by atoms with Gasteiger partial charge in [0.1, 0.15) is 0 Å². The molecule has 0 saturated heterocycles. The molecule has 1 saturated carbocycles. The van der Waals surface area contributed by atoms with Crippen LogP contribution in [0.15, 0.2) is 42.5 Å². The summed E-state index contributed by atoms with van der Waals surface area (Å²) in [5.41, 5.74) is 1.01. The number of hydrogen-bond donors (Lipinski definition) is 2. The van der Waals surface area contributed by atoms with E-state index in [1.807, 2.05) is 0 Å². The first kappa shape index (κ1) is 24.4. The van der Waals surface area contributed by atoms with Crippen LogP contribution in [0.25, 0.3) is 0 Å². The molecule has 2 N–H and O–H groups in total. The summed E-state index contributed by atoms with van der Waals surface area (Å²) in [5.74, 6) is -5.31. The van der Waals surface area contributed by atoms with Crippen LogP contribution in [0.1, 0.15) is 49.1 Å². The van der Waals surface area contributed by atoms with Crippen LogP contribution >= 0.6 is 23.2 Å². The number of anilines is 1. The predicted molar refractivity (Wildman–Crippen MR) is 117 cm³/mol. The summed E-state index contributed by atoms with van der Waals surface area (Å²) < 4.78 is 40.6. The van der Waals surface area contributed by atoms with Crippen molar-refractivity contribution < 1.29 is 27.9 Å². The van der Waals surface area contributed by atoms with Gasteiger partial charge < -0.3 is 10.4 Å². The number of halogens is 5. The summed E-state index contributed by atoms with van der Waals surface area (Å²) in [6, 6.07) is 10.4. The number of nitrogens with one attached hydrogen (secondary N) is 1. The van der Waals surface area contributed by atoms with E-state index < -0.39 is 29.9 Å². The molecule has 1 aliphatic carbocycles. The van der Waals surface area contributed by atoms with Gasteiger partial charge >= 0.3 is 12.1 Å². The molecule has 4 nitrogen and oxygen atoms in total. The van der Waals surface area contributed by atoms with Crippen molar-refractivity contribution >= 4 is 40.8 Å². The summed E-state index contributed by atoms with van der Waals surface area (Å²) in [6.07, 6.45) is -2.86. The van der Waals surface area contributed by atoms with Crippen LogP contribution in [0.4, 0.5) is 18.9 Å². The van der Waals surface area contributed by atoms with Gasteiger partial charge in [0.15, 0.2) is 0 Å². The molecule has 3 atom stereocenters. The first-order valence-electron chi connectivity index (χ1n) is 10.1. The second kappa shape index (κ2) is 9.71. The number of alkyl halides is 3. The van der Waals surface area contributed by atoms with E-state index >= 15 is 0 Å². The topological polar surface area (TPSA) is 66.4 Å². The van der Waals surface area contributed by atoms with Gasteiger partial charge in [0.25, 0.3) is 0 Å². The smallest absolute Gasteiger partial charge is 0.392 e. The molecule has 1 fully saturated rings. The van der Waals surface area contributed by atoms with Crippen molar-refractivity contribution in [3.05, 3.63) is 63.6 Å². The van der Waals surface area contributed by atoms with E-state index in [2.05, 4.69) is 5.32 Å². The van der Waals surface area contributed by atoms with E-state index in [0.717, 1.165) is 19.8 Å². The number of carbonyl (C=O) groups is 2. The highest BCUT2D eigenvalue weighted by Gasteiger charge is 2.45. The monoisotopic (exact) mass is 487 g/mol. The second-order valence-electron chi connectivity index (χ2n) is 8.13. The standard InChI is InChI=1S/C23H22Cl2F3NO3/c1-12(23(26,27)28)21(14-4-7-16(24)8-5-14)22(32)29-19-10-15(6-9-18(19)25)17(11-20(30)31)13-2-3-13/h4-10,12-13,17,21H,2-3,11H2,1H3,(H,29,32)(H,30,31)/t12-,17+,21+/m0/s1. The van der Waals surface area contributed by atoms with Gasteiger partial charge in [-0.1, -0.05) is 48.3 Å². The van der Waals surface area contributed by atoms with Crippen molar-refractivity contribution in [3.8, 4) is 0 Å². The van der Waals surface area contributed by atoms with E-state index in [-0.39, 0.29) is 34.5 Å². The van der Waals surface area contributed by atoms with Gasteiger partial charge in [-0.3, -0.25) is 9.59 Å². The Morgan fingerprint density at radius 2 is 1.69 bits per heavy atom. The number of benzene rings is 2. The third-order valence-electron chi connectivity index (χ3n) is 5.79. The predicted octanol–water partition coefficient (Wildman–Crippen LogP) is 6.88. The normalized spacial score (nSPS) is 16.8. The number of aliphatic carboxylic acids is 1. The van der Waals surface area contributed by atoms with Gasteiger partial charge in [-0.25, -0.2) is 0 Å². The number of rotatable bonds is 8. The van der Waals surface area contributed by atoms with Gasteiger partial charge in [0.2, 0.25) is 5.91 Å². The SMILES string of the molecule is C[C@@H]([C@@H](C(=O)Nc1cc([C@H](CC(=O)O)C2CC2)ccc1Cl)c1ccc(Cl)cc1)C(F)(F)F. The highest BCUT2D eigenvalue weighted by atomic mass is 35.5. The van der Waals surface area contributed by atoms with Gasteiger partial charge in [0, 0.05) is 5.02 Å². The fourth-order valence-electron chi connectivity index (χ4n) is 3.85. The minimum atomic E-state index is -4.61. The molecular formula is C23H22Cl2F3NO3. The molecule has 172 valence electrons. The summed E-state index contributed by atoms with van der Waals surface area (Å²) in [4.78, 5) is 24.3. The van der Waals surface area contributed by atoms with E-state index in [4.69, 9.17) is 23.2 Å². The van der Waals surface area contributed by atoms with Crippen LogP contribution in [0.5, 0.6) is 0 Å². The summed E-state index contributed by atoms with van der Waals surface area (Å²) in [6.45, 7) is 0.951. The zero-order valence-electron chi connectivity index (χ0n) is 17.1. The Morgan fingerprint density at radius 3 is 2.22 bits per heavy atom. The van der Waals surface area contributed by atoms with E-state index in [9.17, 15) is 27.9 Å². The molecule has 0 bridgehead atoms. The van der Waals surface area contributed by atoms with Crippen LogP contribution in [-0.4, -0.2) is 23.2 Å². The Hall–Kier alpha value is -2.25. The summed E-state index contributed by atoms with van der Waals surface area (Å²) >= 11 is 12.1. The quantitative estimate of drug-likeness (QED) is 0.426. The molecule has 1 aliphatic rings. The minimum absolute atomic E-state index is 0.0712. The third kappa shape index (κ3) is 5.95. The number of amides is 1. The second-order valence-corrected chi connectivity index (χ2v) is 8.97. The van der Waals surface area contributed by atoms with Crippen LogP contribution < -0.4 is 5.32 Å². The van der Waals surface area contributed by atoms with Gasteiger partial charge in [0.05, 0.1) is 29.0 Å². The van der Waals surface area contributed by atoms with Crippen LogP contribution in [0.2, 0.25) is 10.0 Å². The first-order valence-corrected chi connectivity index (χ1v) is 10.9. The van der Waals surface area contributed by atoms with Crippen molar-refractivity contribution in [1.29, 1.82) is 0 Å². The molecule has 2 aromatic carbocycles. The Morgan fingerprint density at radius 1 is 1.09 bits per heavy atom. The molecule has 32 heavy (non-hydrogen) atoms. The third-order valence-corrected chi connectivity index (χ3v) is 6.37. The Bertz CT molecular complexity index is 991. The molecule has 2 aromatic rings. The lowest BCUT2D eigenvalue weighted by atomic mass is 9.85. The summed E-state index contributed by atoms with van der Waals surface area (Å²) in [5, 5.41) is 12.3. The molecule has 0 spiro atoms. The number of hydrogen-bond acceptors (Lipinski definition) is 2. The van der Waals surface area contributed by atoms with Crippen molar-refractivity contribution in [2.45, 2.75) is 44.2 Å². The zero-order chi connectivity index (χ0) is 23.6. The average molecular weight is 488 g/mol. The van der Waals surface area contributed by atoms with Crippen molar-refractivity contribution in [3.63, 3.8) is 0 Å². The maximum absolute atomic E-state index is 13.5. The lowest BCUT2D eigenvalue weighted by Gasteiger charge is -2.26. The van der Waals surface area contributed by atoms with Gasteiger partial charge in [-0.15, -0.1) is 0 Å². The molecule has 0 aliphatic heterocycles. The molecule has 1 amide bonds. The van der Waals surface area contributed by atoms with E-state index in [1.165, 1.54) is 30.3 Å². The highest BCUT2D eigenvalue weighted by molar-refractivity contribution is 6.33. The van der Waals surface area contributed by atoms with Crippen molar-refractivity contribution in [2.24, 2.45) is 11.8 Å². The number of carboxylic acids is 1. The maximum atomic E-state index is 13.5. The van der Waals surface area contributed by atoms with Crippen molar-refractivity contribution in [1.82, 2.24) is 0 Å². The van der Waals surface area contributed by atoms with Gasteiger partial charge in [-0.05, 0) is 60.1 Å². The first-order chi connectivity index (χ1) is 15.0. The number of carbonyl (C=O) groups excluding carboxylic acids is 1. The van der Waals surface area contributed by atoms with E-state index in [0.29, 0.717) is 10.6 Å². The Labute approximate surface area is 193 Å². The minimum Gasteiger partial charge on any atom is -0.481 e. The largest absolute Gasteiger partial charge is 0.481 e. The molecular weight excluding hydrogens is 466 g/mol. The molecule has 0 aromatic heterocycles. The fraction of sp³-hybridized carbons (Fsp3) is 0.391.